The number of ether oxygens (including phenoxy) is 2. The van der Waals surface area contributed by atoms with Crippen molar-refractivity contribution < 1.29 is 18.7 Å². The van der Waals surface area contributed by atoms with Crippen LogP contribution in [0.5, 0.6) is 5.75 Å². The Morgan fingerprint density at radius 1 is 1.39 bits per heavy atom. The van der Waals surface area contributed by atoms with Crippen molar-refractivity contribution >= 4 is 5.97 Å². The molecule has 0 unspecified atom stereocenters. The molecule has 1 N–H and O–H groups in total. The molecule has 5 nitrogen and oxygen atoms in total. The number of esters is 1. The SMILES string of the molecule is COC(=O)c1cc(CN[C@@H]2CCc3c(OC)cccc32)oc1C. The molecule has 0 fully saturated rings. The number of methoxy groups -OCH3 is 2. The number of carbonyl (C=O) groups excluding carboxylic acids is 1. The van der Waals surface area contributed by atoms with Crippen LogP contribution in [-0.2, 0) is 17.7 Å². The highest BCUT2D eigenvalue weighted by Crippen LogP contribution is 2.36. The molecule has 1 atom stereocenters. The van der Waals surface area contributed by atoms with Crippen molar-refractivity contribution in [3.8, 4) is 5.75 Å². The fraction of sp³-hybridized carbons (Fsp3) is 0.389. The maximum absolute atomic E-state index is 11.6. The van der Waals surface area contributed by atoms with Crippen LogP contribution < -0.4 is 10.1 Å². The van der Waals surface area contributed by atoms with Gasteiger partial charge in [-0.05, 0) is 43.0 Å². The predicted octanol–water partition coefficient (Wildman–Crippen LogP) is 3.16. The first-order chi connectivity index (χ1) is 11.1. The van der Waals surface area contributed by atoms with Crippen molar-refractivity contribution in [3.05, 3.63) is 52.5 Å². The number of aryl methyl sites for hydroxylation is 1. The second-order valence-corrected chi connectivity index (χ2v) is 5.67. The predicted molar refractivity (Wildman–Crippen MR) is 85.7 cm³/mol. The van der Waals surface area contributed by atoms with Gasteiger partial charge in [0.15, 0.2) is 0 Å². The Balaban J connectivity index is 1.71. The zero-order valence-electron chi connectivity index (χ0n) is 13.6. The maximum Gasteiger partial charge on any atom is 0.341 e. The number of hydrogen-bond donors (Lipinski definition) is 1. The zero-order valence-corrected chi connectivity index (χ0v) is 13.6. The molecule has 0 saturated heterocycles. The van der Waals surface area contributed by atoms with Gasteiger partial charge in [0.05, 0.1) is 20.8 Å². The van der Waals surface area contributed by atoms with Crippen LogP contribution in [0.1, 0.15) is 45.5 Å². The van der Waals surface area contributed by atoms with Crippen LogP contribution in [-0.4, -0.2) is 20.2 Å². The molecule has 23 heavy (non-hydrogen) atoms. The molecule has 1 heterocycles. The average Bonchev–Trinajstić information content (AvgIpc) is 3.15. The molecular weight excluding hydrogens is 294 g/mol. The fourth-order valence-corrected chi connectivity index (χ4v) is 3.19. The highest BCUT2D eigenvalue weighted by atomic mass is 16.5. The molecule has 0 spiro atoms. The van der Waals surface area contributed by atoms with Gasteiger partial charge in [-0.3, -0.25) is 0 Å². The maximum atomic E-state index is 11.6. The molecular formula is C18H21NO4. The van der Waals surface area contributed by atoms with Crippen LogP contribution in [0, 0.1) is 6.92 Å². The van der Waals surface area contributed by atoms with E-state index in [1.807, 2.05) is 12.1 Å². The molecule has 1 aliphatic rings. The van der Waals surface area contributed by atoms with E-state index in [0.717, 1.165) is 24.4 Å². The summed E-state index contributed by atoms with van der Waals surface area (Å²) in [7, 11) is 3.08. The lowest BCUT2D eigenvalue weighted by atomic mass is 10.1. The minimum Gasteiger partial charge on any atom is -0.496 e. The van der Waals surface area contributed by atoms with E-state index in [4.69, 9.17) is 13.9 Å². The summed E-state index contributed by atoms with van der Waals surface area (Å²) in [5, 5.41) is 3.50. The van der Waals surface area contributed by atoms with Gasteiger partial charge in [-0.1, -0.05) is 12.1 Å². The fourth-order valence-electron chi connectivity index (χ4n) is 3.19. The largest absolute Gasteiger partial charge is 0.496 e. The molecule has 0 bridgehead atoms. The second-order valence-electron chi connectivity index (χ2n) is 5.67. The summed E-state index contributed by atoms with van der Waals surface area (Å²) in [5.74, 6) is 1.91. The molecule has 3 rings (SSSR count). The molecule has 1 aromatic heterocycles. The molecule has 0 saturated carbocycles. The third-order valence-electron chi connectivity index (χ3n) is 4.34. The monoisotopic (exact) mass is 315 g/mol. The standard InChI is InChI=1S/C18H21NO4/c1-11-15(18(20)22-3)9-12(23-11)10-19-16-8-7-14-13(16)5-4-6-17(14)21-2/h4-6,9,16,19H,7-8,10H2,1-3H3/t16-/m1/s1. The van der Waals surface area contributed by atoms with Gasteiger partial charge in [0, 0.05) is 6.04 Å². The zero-order chi connectivity index (χ0) is 16.4. The third-order valence-corrected chi connectivity index (χ3v) is 4.34. The molecule has 1 aromatic carbocycles. The van der Waals surface area contributed by atoms with Gasteiger partial charge >= 0.3 is 5.97 Å². The van der Waals surface area contributed by atoms with E-state index in [1.54, 1.807) is 20.1 Å². The Labute approximate surface area is 135 Å². The van der Waals surface area contributed by atoms with Gasteiger partial charge in [0.25, 0.3) is 0 Å². The van der Waals surface area contributed by atoms with Gasteiger partial charge in [-0.25, -0.2) is 4.79 Å². The summed E-state index contributed by atoms with van der Waals surface area (Å²) < 4.78 is 15.8. The van der Waals surface area contributed by atoms with Crippen LogP contribution >= 0.6 is 0 Å². The van der Waals surface area contributed by atoms with Crippen molar-refractivity contribution in [2.24, 2.45) is 0 Å². The molecule has 1 aliphatic carbocycles. The lowest BCUT2D eigenvalue weighted by Gasteiger charge is -2.13. The number of carbonyl (C=O) groups is 1. The van der Waals surface area contributed by atoms with Crippen molar-refractivity contribution in [2.45, 2.75) is 32.4 Å². The first-order valence-electron chi connectivity index (χ1n) is 7.70. The normalized spacial score (nSPS) is 16.2. The lowest BCUT2D eigenvalue weighted by molar-refractivity contribution is 0.0599. The van der Waals surface area contributed by atoms with Crippen LogP contribution in [0.3, 0.4) is 0 Å². The van der Waals surface area contributed by atoms with E-state index in [2.05, 4.69) is 11.4 Å². The summed E-state index contributed by atoms with van der Waals surface area (Å²) in [6.07, 6.45) is 2.03. The van der Waals surface area contributed by atoms with E-state index >= 15 is 0 Å². The summed E-state index contributed by atoms with van der Waals surface area (Å²) >= 11 is 0. The molecule has 122 valence electrons. The number of furan rings is 1. The van der Waals surface area contributed by atoms with E-state index < -0.39 is 0 Å². The molecule has 0 amide bonds. The highest BCUT2D eigenvalue weighted by molar-refractivity contribution is 5.90. The number of fused-ring (bicyclic) bond motifs is 1. The Morgan fingerprint density at radius 2 is 2.22 bits per heavy atom. The third kappa shape index (κ3) is 2.97. The number of benzene rings is 1. The molecule has 0 aliphatic heterocycles. The smallest absolute Gasteiger partial charge is 0.341 e. The van der Waals surface area contributed by atoms with E-state index in [9.17, 15) is 4.79 Å². The van der Waals surface area contributed by atoms with E-state index in [1.165, 1.54) is 18.2 Å². The molecule has 5 heteroatoms. The quantitative estimate of drug-likeness (QED) is 0.859. The number of hydrogen-bond acceptors (Lipinski definition) is 5. The second kappa shape index (κ2) is 6.46. The van der Waals surface area contributed by atoms with E-state index in [0.29, 0.717) is 17.9 Å². The first-order valence-corrected chi connectivity index (χ1v) is 7.70. The van der Waals surface area contributed by atoms with Crippen molar-refractivity contribution in [1.29, 1.82) is 0 Å². The Kier molecular flexibility index (Phi) is 4.39. The topological polar surface area (TPSA) is 60.7 Å². The summed E-state index contributed by atoms with van der Waals surface area (Å²) in [6.45, 7) is 2.34. The van der Waals surface area contributed by atoms with Crippen molar-refractivity contribution in [2.75, 3.05) is 14.2 Å². The first kappa shape index (κ1) is 15.6. The Morgan fingerprint density at radius 3 is 2.96 bits per heavy atom. The van der Waals surface area contributed by atoms with Crippen LogP contribution in [0.2, 0.25) is 0 Å². The number of rotatable bonds is 5. The average molecular weight is 315 g/mol. The summed E-state index contributed by atoms with van der Waals surface area (Å²) in [6, 6.07) is 8.17. The van der Waals surface area contributed by atoms with Crippen LogP contribution in [0.4, 0.5) is 0 Å². The molecule has 2 aromatic rings. The minimum atomic E-state index is -0.367. The van der Waals surface area contributed by atoms with Crippen LogP contribution in [0.15, 0.2) is 28.7 Å². The number of nitrogens with one attached hydrogen (secondary N) is 1. The highest BCUT2D eigenvalue weighted by Gasteiger charge is 2.25. The van der Waals surface area contributed by atoms with Gasteiger partial charge in [0.2, 0.25) is 0 Å². The van der Waals surface area contributed by atoms with Crippen molar-refractivity contribution in [1.82, 2.24) is 5.32 Å². The Bertz CT molecular complexity index is 720. The van der Waals surface area contributed by atoms with E-state index in [-0.39, 0.29) is 12.0 Å². The van der Waals surface area contributed by atoms with Gasteiger partial charge in [0.1, 0.15) is 22.8 Å². The minimum absolute atomic E-state index is 0.270. The molecule has 0 radical (unpaired) electrons. The lowest BCUT2D eigenvalue weighted by Crippen LogP contribution is -2.18. The van der Waals surface area contributed by atoms with Gasteiger partial charge < -0.3 is 19.2 Å². The summed E-state index contributed by atoms with van der Waals surface area (Å²) in [4.78, 5) is 11.6. The van der Waals surface area contributed by atoms with Crippen LogP contribution in [0.25, 0.3) is 0 Å². The Hall–Kier alpha value is -2.27. The van der Waals surface area contributed by atoms with Gasteiger partial charge in [-0.15, -0.1) is 0 Å². The summed E-state index contributed by atoms with van der Waals surface area (Å²) in [5.41, 5.74) is 3.04. The van der Waals surface area contributed by atoms with Gasteiger partial charge in [-0.2, -0.15) is 0 Å². The van der Waals surface area contributed by atoms with Crippen molar-refractivity contribution in [3.63, 3.8) is 0 Å².